The van der Waals surface area contributed by atoms with Crippen molar-refractivity contribution in [3.63, 3.8) is 0 Å². The van der Waals surface area contributed by atoms with E-state index in [0.717, 1.165) is 35.0 Å². The minimum Gasteiger partial charge on any atom is -0.396 e. The predicted octanol–water partition coefficient (Wildman–Crippen LogP) is 1.23. The first-order chi connectivity index (χ1) is 14.9. The highest BCUT2D eigenvalue weighted by Crippen LogP contribution is 2.31. The number of rotatable bonds is 4. The molecular weight excluding hydrogens is 396 g/mol. The molecule has 164 valence electrons. The second-order valence-corrected chi connectivity index (χ2v) is 8.93. The Hall–Kier alpha value is -3.07. The summed E-state index contributed by atoms with van der Waals surface area (Å²) in [7, 11) is 3.53. The maximum Gasteiger partial charge on any atom is 0.328 e. The van der Waals surface area contributed by atoms with Crippen LogP contribution in [0.3, 0.4) is 0 Å². The highest BCUT2D eigenvalue weighted by molar-refractivity contribution is 6.03. The lowest BCUT2D eigenvalue weighted by Gasteiger charge is -2.40. The van der Waals surface area contributed by atoms with Crippen molar-refractivity contribution in [2.24, 2.45) is 10.9 Å². The van der Waals surface area contributed by atoms with E-state index < -0.39 is 12.2 Å². The number of aliphatic hydroxyl groups excluding tert-OH is 1. The van der Waals surface area contributed by atoms with Crippen molar-refractivity contribution in [1.82, 2.24) is 25.0 Å². The van der Waals surface area contributed by atoms with E-state index >= 15 is 0 Å². The summed E-state index contributed by atoms with van der Waals surface area (Å²) in [5.41, 5.74) is 2.96. The fourth-order valence-corrected chi connectivity index (χ4v) is 4.86. The number of urea groups is 1. The van der Waals surface area contributed by atoms with E-state index in [2.05, 4.69) is 15.3 Å². The van der Waals surface area contributed by atoms with Crippen molar-refractivity contribution >= 4 is 28.8 Å². The smallest absolute Gasteiger partial charge is 0.328 e. The number of likely N-dealkylation sites (N-methyl/N-ethyl adjacent to an activating group) is 2. The number of amides is 3. The molecule has 3 heterocycles. The molecule has 2 atom stereocenters. The van der Waals surface area contributed by atoms with Gasteiger partial charge in [0.2, 0.25) is 0 Å². The first-order valence-corrected chi connectivity index (χ1v) is 10.7. The first-order valence-electron chi connectivity index (χ1n) is 10.7. The van der Waals surface area contributed by atoms with Gasteiger partial charge in [0.25, 0.3) is 5.91 Å². The van der Waals surface area contributed by atoms with Crippen LogP contribution in [0.5, 0.6) is 0 Å². The normalized spacial score (nSPS) is 28.1. The predicted molar refractivity (Wildman–Crippen MR) is 116 cm³/mol. The number of fused-ring (bicyclic) bond motifs is 2. The molecule has 1 saturated heterocycles. The van der Waals surface area contributed by atoms with Crippen molar-refractivity contribution in [2.45, 2.75) is 44.6 Å². The summed E-state index contributed by atoms with van der Waals surface area (Å²) in [6.07, 6.45) is 1.23. The lowest BCUT2D eigenvalue weighted by molar-refractivity contribution is -0.137. The van der Waals surface area contributed by atoms with E-state index in [1.807, 2.05) is 43.1 Å². The molecule has 3 aliphatic rings. The zero-order chi connectivity index (χ0) is 21.9. The molecule has 3 amide bonds. The van der Waals surface area contributed by atoms with Crippen molar-refractivity contribution in [3.05, 3.63) is 35.5 Å². The van der Waals surface area contributed by atoms with E-state index in [1.54, 1.807) is 11.9 Å². The zero-order valence-electron chi connectivity index (χ0n) is 18.0. The Morgan fingerprint density at radius 3 is 2.71 bits per heavy atom. The highest BCUT2D eigenvalue weighted by atomic mass is 16.3. The molecule has 1 aromatic heterocycles. The molecule has 0 spiro atoms. The Morgan fingerprint density at radius 2 is 2.00 bits per heavy atom. The van der Waals surface area contributed by atoms with Crippen molar-refractivity contribution in [1.29, 1.82) is 0 Å². The molecule has 0 bridgehead atoms. The number of H-pyrrole nitrogens is 1. The average Bonchev–Trinajstić information content (AvgIpc) is 3.28. The van der Waals surface area contributed by atoms with Crippen LogP contribution in [0.15, 0.2) is 29.3 Å². The Kier molecular flexibility index (Phi) is 4.65. The minimum absolute atomic E-state index is 0.191. The van der Waals surface area contributed by atoms with Gasteiger partial charge in [0.1, 0.15) is 0 Å². The summed E-state index contributed by atoms with van der Waals surface area (Å²) >= 11 is 0. The Balaban J connectivity index is 1.35. The third-order valence-corrected chi connectivity index (χ3v) is 6.83. The number of nitrogens with one attached hydrogen (secondary N) is 2. The number of aliphatic imine (C=N–C) groups is 1. The van der Waals surface area contributed by atoms with Crippen LogP contribution in [0.25, 0.3) is 10.9 Å². The lowest BCUT2D eigenvalue weighted by Crippen LogP contribution is -2.64. The Bertz CT molecular complexity index is 1070. The largest absolute Gasteiger partial charge is 0.396 e. The fourth-order valence-electron chi connectivity index (χ4n) is 4.86. The standard InChI is InChI=1S/C22H28N6O3/c1-12-5-4-6-17-16(12)9-15(23-17)10-28-20(30)18-19(27(3)22(28)31)25-21(26(18)2)24-14-7-13(8-14)11-29/h4-6,9,13-14,18-19,23,29H,7-8,10-11H2,1-3H3,(H,24,25)/t13-,14-,18?,19?. The lowest BCUT2D eigenvalue weighted by atomic mass is 9.81. The Morgan fingerprint density at radius 1 is 1.23 bits per heavy atom. The van der Waals surface area contributed by atoms with Crippen molar-refractivity contribution in [3.8, 4) is 0 Å². The molecule has 31 heavy (non-hydrogen) atoms. The van der Waals surface area contributed by atoms with Crippen LogP contribution in [0.2, 0.25) is 0 Å². The van der Waals surface area contributed by atoms with Crippen LogP contribution >= 0.6 is 0 Å². The summed E-state index contributed by atoms with van der Waals surface area (Å²) in [6.45, 7) is 2.43. The molecule has 2 aliphatic heterocycles. The van der Waals surface area contributed by atoms with Gasteiger partial charge < -0.3 is 25.2 Å². The van der Waals surface area contributed by atoms with Gasteiger partial charge in [-0.25, -0.2) is 9.79 Å². The third-order valence-electron chi connectivity index (χ3n) is 6.83. The molecule has 9 nitrogen and oxygen atoms in total. The second kappa shape index (κ2) is 7.26. The summed E-state index contributed by atoms with van der Waals surface area (Å²) in [5.74, 6) is 0.717. The van der Waals surface area contributed by atoms with Gasteiger partial charge >= 0.3 is 6.03 Å². The highest BCUT2D eigenvalue weighted by Gasteiger charge is 2.51. The number of aromatic nitrogens is 1. The number of aromatic amines is 1. The van der Waals surface area contributed by atoms with Gasteiger partial charge in [-0.2, -0.15) is 0 Å². The molecule has 1 saturated carbocycles. The molecule has 9 heteroatoms. The minimum atomic E-state index is -0.551. The van der Waals surface area contributed by atoms with Crippen LogP contribution < -0.4 is 5.32 Å². The molecule has 0 radical (unpaired) electrons. The monoisotopic (exact) mass is 424 g/mol. The summed E-state index contributed by atoms with van der Waals surface area (Å²) < 4.78 is 0. The third kappa shape index (κ3) is 3.15. The van der Waals surface area contributed by atoms with E-state index in [4.69, 9.17) is 0 Å². The number of aryl methyl sites for hydroxylation is 1. The number of guanidine groups is 1. The quantitative estimate of drug-likeness (QED) is 0.685. The number of benzene rings is 1. The van der Waals surface area contributed by atoms with E-state index in [9.17, 15) is 14.7 Å². The van der Waals surface area contributed by atoms with Crippen molar-refractivity contribution < 1.29 is 14.7 Å². The van der Waals surface area contributed by atoms with Gasteiger partial charge in [0.15, 0.2) is 18.2 Å². The summed E-state index contributed by atoms with van der Waals surface area (Å²) in [6, 6.07) is 7.37. The number of hydrogen-bond acceptors (Lipinski definition) is 6. The second-order valence-electron chi connectivity index (χ2n) is 8.93. The van der Waals surface area contributed by atoms with E-state index in [0.29, 0.717) is 11.9 Å². The number of nitrogens with zero attached hydrogens (tertiary/aromatic N) is 4. The molecule has 2 aromatic rings. The van der Waals surface area contributed by atoms with Crippen LogP contribution in [0, 0.1) is 12.8 Å². The topological polar surface area (TPSA) is 104 Å². The molecular formula is C22H28N6O3. The molecule has 1 aromatic carbocycles. The Labute approximate surface area is 180 Å². The van der Waals surface area contributed by atoms with Crippen LogP contribution in [0.4, 0.5) is 4.79 Å². The van der Waals surface area contributed by atoms with E-state index in [-0.39, 0.29) is 31.1 Å². The molecule has 1 aliphatic carbocycles. The number of carbonyl (C=O) groups is 2. The van der Waals surface area contributed by atoms with Gasteiger partial charge in [-0.3, -0.25) is 9.69 Å². The number of carbonyl (C=O) groups excluding carboxylic acids is 2. The van der Waals surface area contributed by atoms with E-state index in [1.165, 1.54) is 4.90 Å². The maximum atomic E-state index is 13.4. The van der Waals surface area contributed by atoms with Crippen LogP contribution in [0.1, 0.15) is 24.1 Å². The van der Waals surface area contributed by atoms with Crippen molar-refractivity contribution in [2.75, 3.05) is 20.7 Å². The summed E-state index contributed by atoms with van der Waals surface area (Å²) in [4.78, 5) is 39.1. The molecule has 3 N–H and O–H groups in total. The van der Waals surface area contributed by atoms with Crippen LogP contribution in [-0.2, 0) is 11.3 Å². The van der Waals surface area contributed by atoms with Gasteiger partial charge in [-0.05, 0) is 43.4 Å². The van der Waals surface area contributed by atoms with Crippen LogP contribution in [-0.4, -0.2) is 81.6 Å². The number of aliphatic hydroxyl groups is 1. The average molecular weight is 425 g/mol. The number of imide groups is 1. The SMILES string of the molecule is Cc1cccc2[nH]c(CN3C(=O)C4C(N=C(N[C@H]5C[C@H](CO)C5)N4C)N(C)C3=O)cc12. The molecule has 2 fully saturated rings. The number of hydrogen-bond donors (Lipinski definition) is 3. The fraction of sp³-hybridized carbons (Fsp3) is 0.500. The first kappa shape index (κ1) is 19.9. The molecule has 2 unspecified atom stereocenters. The van der Waals surface area contributed by atoms with Gasteiger partial charge in [-0.15, -0.1) is 0 Å². The zero-order valence-corrected chi connectivity index (χ0v) is 18.0. The van der Waals surface area contributed by atoms with Gasteiger partial charge in [0, 0.05) is 43.3 Å². The maximum absolute atomic E-state index is 13.4. The van der Waals surface area contributed by atoms with Gasteiger partial charge in [0.05, 0.1) is 6.54 Å². The summed E-state index contributed by atoms with van der Waals surface area (Å²) in [5, 5.41) is 13.7. The molecule has 5 rings (SSSR count). The van der Waals surface area contributed by atoms with Gasteiger partial charge in [-0.1, -0.05) is 12.1 Å².